The van der Waals surface area contributed by atoms with E-state index in [0.717, 1.165) is 28.5 Å². The minimum atomic E-state index is -0.182. The van der Waals surface area contributed by atoms with Crippen molar-refractivity contribution in [2.24, 2.45) is 0 Å². The molecule has 0 radical (unpaired) electrons. The van der Waals surface area contributed by atoms with E-state index in [4.69, 9.17) is 4.74 Å². The van der Waals surface area contributed by atoms with Crippen LogP contribution in [-0.4, -0.2) is 37.7 Å². The highest BCUT2D eigenvalue weighted by molar-refractivity contribution is 8.11. The molecular formula is C23H22FNOS2. The molecule has 1 aromatic heterocycles. The van der Waals surface area contributed by atoms with Crippen molar-refractivity contribution in [3.05, 3.63) is 68.5 Å². The molecule has 144 valence electrons. The van der Waals surface area contributed by atoms with Crippen LogP contribution in [0, 0.1) is 5.82 Å². The number of nitrogens with zero attached hydrogens (tertiary/aromatic N) is 1. The first-order valence-electron chi connectivity index (χ1n) is 9.78. The van der Waals surface area contributed by atoms with Gasteiger partial charge < -0.3 is 9.64 Å². The van der Waals surface area contributed by atoms with Crippen molar-refractivity contribution in [2.45, 2.75) is 12.8 Å². The summed E-state index contributed by atoms with van der Waals surface area (Å²) in [6, 6.07) is 5.10. The van der Waals surface area contributed by atoms with Crippen LogP contribution in [0.3, 0.4) is 0 Å². The van der Waals surface area contributed by atoms with E-state index >= 15 is 0 Å². The number of benzene rings is 1. The van der Waals surface area contributed by atoms with Gasteiger partial charge in [-0.3, -0.25) is 0 Å². The summed E-state index contributed by atoms with van der Waals surface area (Å²) < 4.78 is 22.2. The third kappa shape index (κ3) is 3.64. The highest BCUT2D eigenvalue weighted by Gasteiger charge is 2.17. The number of likely N-dealkylation sites (tertiary alicyclic amines) is 1. The number of thiophene rings is 1. The van der Waals surface area contributed by atoms with Crippen molar-refractivity contribution in [1.82, 2.24) is 4.90 Å². The van der Waals surface area contributed by atoms with Crippen molar-refractivity contribution >= 4 is 44.2 Å². The molecule has 3 heterocycles. The first-order chi connectivity index (χ1) is 13.8. The average Bonchev–Trinajstić information content (AvgIpc) is 3.29. The summed E-state index contributed by atoms with van der Waals surface area (Å²) in [6.45, 7) is 4.84. The fourth-order valence-electron chi connectivity index (χ4n) is 3.94. The van der Waals surface area contributed by atoms with Crippen LogP contribution >= 0.6 is 23.1 Å². The van der Waals surface area contributed by atoms with Crippen molar-refractivity contribution in [3.63, 3.8) is 0 Å². The molecule has 5 heteroatoms. The van der Waals surface area contributed by atoms with Gasteiger partial charge in [-0.05, 0) is 61.9 Å². The van der Waals surface area contributed by atoms with E-state index in [-0.39, 0.29) is 5.82 Å². The lowest BCUT2D eigenvalue weighted by molar-refractivity contribution is 0.132. The quantitative estimate of drug-likeness (QED) is 0.686. The van der Waals surface area contributed by atoms with Gasteiger partial charge in [-0.1, -0.05) is 30.0 Å². The van der Waals surface area contributed by atoms with Gasteiger partial charge in [-0.25, -0.2) is 4.39 Å². The molecule has 0 bridgehead atoms. The normalized spacial score (nSPS) is 19.1. The van der Waals surface area contributed by atoms with E-state index < -0.39 is 0 Å². The Hall–Kier alpha value is -1.66. The molecule has 0 N–H and O–H groups in total. The molecule has 5 rings (SSSR count). The van der Waals surface area contributed by atoms with Crippen LogP contribution in [0.2, 0.25) is 0 Å². The molecule has 0 amide bonds. The van der Waals surface area contributed by atoms with Crippen molar-refractivity contribution < 1.29 is 9.13 Å². The van der Waals surface area contributed by atoms with Gasteiger partial charge in [-0.15, -0.1) is 11.3 Å². The molecule has 3 aliphatic rings. The molecule has 1 aromatic carbocycles. The summed E-state index contributed by atoms with van der Waals surface area (Å²) in [6.07, 6.45) is 13.3. The van der Waals surface area contributed by atoms with Gasteiger partial charge in [0.05, 0.1) is 13.2 Å². The van der Waals surface area contributed by atoms with Gasteiger partial charge in [0.15, 0.2) is 0 Å². The SMILES string of the molecule is Fc1ccc2sc3c(c2c1)=C1SC(COCCN2CCCC2)=CC=C1C=CC=3. The lowest BCUT2D eigenvalue weighted by Crippen LogP contribution is -2.24. The predicted molar refractivity (Wildman–Crippen MR) is 118 cm³/mol. The Morgan fingerprint density at radius 3 is 2.89 bits per heavy atom. The Balaban J connectivity index is 1.41. The second kappa shape index (κ2) is 7.99. The first kappa shape index (κ1) is 18.4. The zero-order valence-corrected chi connectivity index (χ0v) is 17.3. The summed E-state index contributed by atoms with van der Waals surface area (Å²) in [4.78, 5) is 4.88. The van der Waals surface area contributed by atoms with Crippen molar-refractivity contribution in [1.29, 1.82) is 0 Å². The number of fused-ring (bicyclic) bond motifs is 4. The molecule has 0 saturated carbocycles. The van der Waals surface area contributed by atoms with Gasteiger partial charge in [0.2, 0.25) is 0 Å². The monoisotopic (exact) mass is 411 g/mol. The van der Waals surface area contributed by atoms with Crippen LogP contribution in [0.15, 0.2) is 53.0 Å². The smallest absolute Gasteiger partial charge is 0.123 e. The number of ether oxygens (including phenoxy) is 1. The third-order valence-corrected chi connectivity index (χ3v) is 7.66. The maximum absolute atomic E-state index is 13.9. The molecule has 0 atom stereocenters. The number of allylic oxidation sites excluding steroid dienone is 4. The maximum atomic E-state index is 13.9. The summed E-state index contributed by atoms with van der Waals surface area (Å²) >= 11 is 3.49. The van der Waals surface area contributed by atoms with Crippen LogP contribution in [0.25, 0.3) is 21.1 Å². The predicted octanol–water partition coefficient (Wildman–Crippen LogP) is 4.17. The van der Waals surface area contributed by atoms with Gasteiger partial charge in [0.1, 0.15) is 5.82 Å². The van der Waals surface area contributed by atoms with Crippen LogP contribution in [0.4, 0.5) is 4.39 Å². The second-order valence-electron chi connectivity index (χ2n) is 7.30. The average molecular weight is 412 g/mol. The molecule has 1 aliphatic carbocycles. The number of rotatable bonds is 5. The zero-order valence-electron chi connectivity index (χ0n) is 15.6. The van der Waals surface area contributed by atoms with E-state index in [0.29, 0.717) is 6.61 Å². The van der Waals surface area contributed by atoms with Crippen molar-refractivity contribution in [2.75, 3.05) is 32.8 Å². The van der Waals surface area contributed by atoms with E-state index in [9.17, 15) is 4.39 Å². The minimum absolute atomic E-state index is 0.182. The molecule has 1 saturated heterocycles. The summed E-state index contributed by atoms with van der Waals surface area (Å²) in [5.74, 6) is -0.182. The minimum Gasteiger partial charge on any atom is -0.375 e. The molecule has 0 spiro atoms. The first-order valence-corrected chi connectivity index (χ1v) is 11.4. The molecule has 1 fully saturated rings. The number of halogens is 1. The largest absolute Gasteiger partial charge is 0.375 e. The maximum Gasteiger partial charge on any atom is 0.123 e. The number of hydrogen-bond acceptors (Lipinski definition) is 4. The molecule has 2 nitrogen and oxygen atoms in total. The number of hydrogen-bond donors (Lipinski definition) is 0. The molecule has 2 aliphatic heterocycles. The van der Waals surface area contributed by atoms with Gasteiger partial charge in [0.25, 0.3) is 0 Å². The third-order valence-electron chi connectivity index (χ3n) is 5.37. The Kier molecular flexibility index (Phi) is 5.24. The van der Waals surface area contributed by atoms with E-state index in [2.05, 4.69) is 35.3 Å². The van der Waals surface area contributed by atoms with Gasteiger partial charge >= 0.3 is 0 Å². The van der Waals surface area contributed by atoms with Crippen LogP contribution < -0.4 is 9.75 Å². The second-order valence-corrected chi connectivity index (χ2v) is 9.52. The topological polar surface area (TPSA) is 12.5 Å². The van der Waals surface area contributed by atoms with E-state index in [1.54, 1.807) is 35.2 Å². The summed E-state index contributed by atoms with van der Waals surface area (Å²) in [7, 11) is 0. The lowest BCUT2D eigenvalue weighted by atomic mass is 10.1. The highest BCUT2D eigenvalue weighted by Crippen LogP contribution is 2.37. The molecule has 28 heavy (non-hydrogen) atoms. The fraction of sp³-hybridized carbons (Fsp3) is 0.304. The van der Waals surface area contributed by atoms with E-state index in [1.165, 1.54) is 45.8 Å². The van der Waals surface area contributed by atoms with Crippen LogP contribution in [-0.2, 0) is 4.74 Å². The van der Waals surface area contributed by atoms with Crippen LogP contribution in [0.1, 0.15) is 12.8 Å². The van der Waals surface area contributed by atoms with E-state index in [1.807, 2.05) is 6.07 Å². The standard InChI is InChI=1S/C23H22FNOS2/c24-17-7-9-20-19(14-17)22-21(28-20)5-3-4-16-6-8-18(27-23(16)22)15-26-13-12-25-10-1-2-11-25/h3-9,14H,1-2,10-13,15H2. The lowest BCUT2D eigenvalue weighted by Gasteiger charge is -2.17. The number of thioether (sulfide) groups is 1. The molecule has 0 unspecified atom stereocenters. The summed E-state index contributed by atoms with van der Waals surface area (Å²) in [5.41, 5.74) is 1.18. The molecular weight excluding hydrogens is 389 g/mol. The molecule has 2 aromatic rings. The summed E-state index contributed by atoms with van der Waals surface area (Å²) in [5, 5.41) is 2.16. The zero-order chi connectivity index (χ0) is 18.9. The van der Waals surface area contributed by atoms with Gasteiger partial charge in [0, 0.05) is 36.2 Å². The Morgan fingerprint density at radius 1 is 1.11 bits per heavy atom. The Morgan fingerprint density at radius 2 is 2.00 bits per heavy atom. The van der Waals surface area contributed by atoms with Gasteiger partial charge in [-0.2, -0.15) is 0 Å². The Labute approximate surface area is 172 Å². The highest BCUT2D eigenvalue weighted by atomic mass is 32.2. The van der Waals surface area contributed by atoms with Crippen LogP contribution in [0.5, 0.6) is 0 Å². The fourth-order valence-corrected chi connectivity index (χ4v) is 6.22. The Bertz CT molecular complexity index is 1120. The van der Waals surface area contributed by atoms with Crippen molar-refractivity contribution in [3.8, 4) is 0 Å².